The number of hydrogen-bond acceptors (Lipinski definition) is 3. The summed E-state index contributed by atoms with van der Waals surface area (Å²) in [5.41, 5.74) is 0.878. The van der Waals surface area contributed by atoms with E-state index >= 15 is 0 Å². The first-order chi connectivity index (χ1) is 8.56. The first-order valence-corrected chi connectivity index (χ1v) is 6.99. The third-order valence-electron chi connectivity index (χ3n) is 2.62. The van der Waals surface area contributed by atoms with Gasteiger partial charge in [-0.25, -0.2) is 0 Å². The van der Waals surface area contributed by atoms with E-state index in [0.717, 1.165) is 5.56 Å². The van der Waals surface area contributed by atoms with Gasteiger partial charge in [-0.2, -0.15) is 0 Å². The SMILES string of the molecule is COCC(C)S(=O)C(Cc1ccccc1)C(=O)O. The van der Waals surface area contributed by atoms with Crippen molar-refractivity contribution in [3.05, 3.63) is 35.9 Å². The summed E-state index contributed by atoms with van der Waals surface area (Å²) < 4.78 is 17.0. The van der Waals surface area contributed by atoms with E-state index in [1.54, 1.807) is 6.92 Å². The Bertz CT molecular complexity index is 405. The number of carboxylic acids is 1. The zero-order valence-electron chi connectivity index (χ0n) is 10.5. The van der Waals surface area contributed by atoms with Gasteiger partial charge in [0.2, 0.25) is 0 Å². The van der Waals surface area contributed by atoms with Crippen LogP contribution in [0.15, 0.2) is 30.3 Å². The molecule has 100 valence electrons. The normalized spacial score (nSPS) is 15.9. The summed E-state index contributed by atoms with van der Waals surface area (Å²) in [6.45, 7) is 2.03. The molecule has 0 aromatic heterocycles. The molecule has 4 nitrogen and oxygen atoms in total. The Morgan fingerprint density at radius 3 is 2.50 bits per heavy atom. The quantitative estimate of drug-likeness (QED) is 0.815. The van der Waals surface area contributed by atoms with Crippen molar-refractivity contribution in [3.8, 4) is 0 Å². The predicted octanol–water partition coefficient (Wildman–Crippen LogP) is 1.47. The van der Waals surface area contributed by atoms with Gasteiger partial charge in [0.1, 0.15) is 5.25 Å². The summed E-state index contributed by atoms with van der Waals surface area (Å²) in [6.07, 6.45) is 0.275. The number of carbonyl (C=O) groups is 1. The summed E-state index contributed by atoms with van der Waals surface area (Å²) >= 11 is 0. The average Bonchev–Trinajstić information content (AvgIpc) is 2.36. The average molecular weight is 270 g/mol. The monoisotopic (exact) mass is 270 g/mol. The van der Waals surface area contributed by atoms with Crippen LogP contribution in [0, 0.1) is 0 Å². The molecule has 0 spiro atoms. The summed E-state index contributed by atoms with van der Waals surface area (Å²) in [7, 11) is 0.0570. The van der Waals surface area contributed by atoms with Gasteiger partial charge >= 0.3 is 5.97 Å². The first kappa shape index (κ1) is 14.9. The van der Waals surface area contributed by atoms with Crippen LogP contribution < -0.4 is 0 Å². The molecular formula is C13H18O4S. The molecule has 0 saturated carbocycles. The zero-order chi connectivity index (χ0) is 13.5. The highest BCUT2D eigenvalue weighted by atomic mass is 32.2. The number of methoxy groups -OCH3 is 1. The van der Waals surface area contributed by atoms with Crippen LogP contribution in [0.25, 0.3) is 0 Å². The van der Waals surface area contributed by atoms with Gasteiger partial charge in [-0.05, 0) is 18.9 Å². The molecule has 1 rings (SSSR count). The Morgan fingerprint density at radius 2 is 2.00 bits per heavy atom. The van der Waals surface area contributed by atoms with Crippen molar-refractivity contribution in [3.63, 3.8) is 0 Å². The van der Waals surface area contributed by atoms with Gasteiger partial charge in [0.15, 0.2) is 0 Å². The highest BCUT2D eigenvalue weighted by Gasteiger charge is 2.28. The molecule has 3 unspecified atom stereocenters. The van der Waals surface area contributed by atoms with Crippen LogP contribution in [-0.2, 0) is 26.8 Å². The molecule has 1 aromatic rings. The van der Waals surface area contributed by atoms with Crippen molar-refractivity contribution in [2.45, 2.75) is 23.8 Å². The molecule has 0 saturated heterocycles. The third kappa shape index (κ3) is 4.23. The topological polar surface area (TPSA) is 63.6 Å². The molecule has 0 radical (unpaired) electrons. The number of aliphatic carboxylic acids is 1. The lowest BCUT2D eigenvalue weighted by Gasteiger charge is -2.17. The number of rotatable bonds is 7. The Kier molecular flexibility index (Phi) is 6.01. The van der Waals surface area contributed by atoms with E-state index in [0.29, 0.717) is 6.61 Å². The van der Waals surface area contributed by atoms with Gasteiger partial charge in [-0.3, -0.25) is 9.00 Å². The van der Waals surface area contributed by atoms with E-state index in [4.69, 9.17) is 4.74 Å². The van der Waals surface area contributed by atoms with E-state index < -0.39 is 22.0 Å². The minimum absolute atomic E-state index is 0.275. The van der Waals surface area contributed by atoms with Gasteiger partial charge in [-0.15, -0.1) is 0 Å². The molecule has 0 fully saturated rings. The van der Waals surface area contributed by atoms with Gasteiger partial charge in [0.25, 0.3) is 0 Å². The number of carboxylic acid groups (broad SMARTS) is 1. The molecule has 0 heterocycles. The second kappa shape index (κ2) is 7.28. The van der Waals surface area contributed by atoms with Crippen molar-refractivity contribution in [1.29, 1.82) is 0 Å². The van der Waals surface area contributed by atoms with Crippen molar-refractivity contribution in [1.82, 2.24) is 0 Å². The van der Waals surface area contributed by atoms with Gasteiger partial charge in [0.05, 0.1) is 11.9 Å². The molecule has 0 amide bonds. The molecule has 0 aliphatic heterocycles. The maximum atomic E-state index is 12.1. The second-order valence-electron chi connectivity index (χ2n) is 4.11. The standard InChI is InChI=1S/C13H18O4S/c1-10(9-17-2)18(16)12(13(14)15)8-11-6-4-3-5-7-11/h3-7,10,12H,8-9H2,1-2H3,(H,14,15). The van der Waals surface area contributed by atoms with Crippen molar-refractivity contribution < 1.29 is 18.8 Å². The lowest BCUT2D eigenvalue weighted by atomic mass is 10.1. The van der Waals surface area contributed by atoms with Crippen LogP contribution in [0.2, 0.25) is 0 Å². The Hall–Kier alpha value is -1.20. The fourth-order valence-corrected chi connectivity index (χ4v) is 3.07. The highest BCUT2D eigenvalue weighted by Crippen LogP contribution is 2.12. The van der Waals surface area contributed by atoms with E-state index in [2.05, 4.69) is 0 Å². The number of ether oxygens (including phenoxy) is 1. The lowest BCUT2D eigenvalue weighted by molar-refractivity contribution is -0.136. The summed E-state index contributed by atoms with van der Waals surface area (Å²) in [6, 6.07) is 9.23. The van der Waals surface area contributed by atoms with Gasteiger partial charge in [0, 0.05) is 17.9 Å². The van der Waals surface area contributed by atoms with E-state index in [-0.39, 0.29) is 11.7 Å². The Morgan fingerprint density at radius 1 is 1.39 bits per heavy atom. The number of benzene rings is 1. The minimum Gasteiger partial charge on any atom is -0.480 e. The summed E-state index contributed by atoms with van der Waals surface area (Å²) in [5.74, 6) is -1.03. The third-order valence-corrected chi connectivity index (χ3v) is 4.48. The smallest absolute Gasteiger partial charge is 0.319 e. The summed E-state index contributed by atoms with van der Waals surface area (Å²) in [4.78, 5) is 11.2. The Balaban J connectivity index is 2.77. The zero-order valence-corrected chi connectivity index (χ0v) is 11.4. The Labute approximate surface area is 109 Å². The largest absolute Gasteiger partial charge is 0.480 e. The molecule has 1 N–H and O–H groups in total. The molecule has 1 aromatic carbocycles. The van der Waals surface area contributed by atoms with Crippen LogP contribution in [-0.4, -0.2) is 39.5 Å². The maximum absolute atomic E-state index is 12.1. The highest BCUT2D eigenvalue weighted by molar-refractivity contribution is 7.87. The van der Waals surface area contributed by atoms with Crippen molar-refractivity contribution >= 4 is 16.8 Å². The fourth-order valence-electron chi connectivity index (χ4n) is 1.68. The molecule has 0 bridgehead atoms. The van der Waals surface area contributed by atoms with Crippen LogP contribution in [0.5, 0.6) is 0 Å². The molecule has 0 aliphatic carbocycles. The molecule has 5 heteroatoms. The molecular weight excluding hydrogens is 252 g/mol. The van der Waals surface area contributed by atoms with Crippen LogP contribution in [0.1, 0.15) is 12.5 Å². The van der Waals surface area contributed by atoms with E-state index in [1.807, 2.05) is 30.3 Å². The summed E-state index contributed by atoms with van der Waals surface area (Å²) in [5, 5.41) is 8.01. The van der Waals surface area contributed by atoms with Crippen LogP contribution >= 0.6 is 0 Å². The van der Waals surface area contributed by atoms with Crippen LogP contribution in [0.3, 0.4) is 0 Å². The second-order valence-corrected chi connectivity index (χ2v) is 6.14. The first-order valence-electron chi connectivity index (χ1n) is 5.71. The predicted molar refractivity (Wildman–Crippen MR) is 71.1 cm³/mol. The van der Waals surface area contributed by atoms with Gasteiger partial charge in [-0.1, -0.05) is 30.3 Å². The van der Waals surface area contributed by atoms with E-state index in [9.17, 15) is 14.1 Å². The number of hydrogen-bond donors (Lipinski definition) is 1. The van der Waals surface area contributed by atoms with Gasteiger partial charge < -0.3 is 9.84 Å². The van der Waals surface area contributed by atoms with Crippen molar-refractivity contribution in [2.24, 2.45) is 0 Å². The van der Waals surface area contributed by atoms with E-state index in [1.165, 1.54) is 7.11 Å². The minimum atomic E-state index is -1.46. The lowest BCUT2D eigenvalue weighted by Crippen LogP contribution is -2.35. The van der Waals surface area contributed by atoms with Crippen LogP contribution in [0.4, 0.5) is 0 Å². The molecule has 18 heavy (non-hydrogen) atoms. The van der Waals surface area contributed by atoms with Crippen molar-refractivity contribution in [2.75, 3.05) is 13.7 Å². The fraction of sp³-hybridized carbons (Fsp3) is 0.462. The molecule has 0 aliphatic rings. The molecule has 3 atom stereocenters. The maximum Gasteiger partial charge on any atom is 0.319 e.